The quantitative estimate of drug-likeness (QED) is 0.499. The van der Waals surface area contributed by atoms with Gasteiger partial charge in [-0.2, -0.15) is 0 Å². The molecule has 0 bridgehead atoms. The zero-order valence-corrected chi connectivity index (χ0v) is 15.1. The Bertz CT molecular complexity index is 899. The number of phenolic OH excluding ortho intramolecular Hbond substituents is 1. The lowest BCUT2D eigenvalue weighted by Crippen LogP contribution is -2.68. The number of aromatic hydroxyl groups is 1. The minimum atomic E-state index is -4.94. The van der Waals surface area contributed by atoms with Gasteiger partial charge in [0.2, 0.25) is 0 Å². The molecule has 1 aromatic heterocycles. The second kappa shape index (κ2) is 9.31. The van der Waals surface area contributed by atoms with Gasteiger partial charge in [-0.25, -0.2) is 23.1 Å². The van der Waals surface area contributed by atoms with Crippen LogP contribution in [-0.2, 0) is 4.74 Å². The van der Waals surface area contributed by atoms with Gasteiger partial charge in [-0.1, -0.05) is 18.2 Å². The average molecular weight is 393 g/mol. The molecule has 3 rings (SSSR count). The molecular formula is C19H17ClO7. The number of benzene rings is 2. The summed E-state index contributed by atoms with van der Waals surface area (Å²) in [6.45, 7) is 2.56. The topological polar surface area (TPSA) is 133 Å². The van der Waals surface area contributed by atoms with E-state index >= 15 is 0 Å². The van der Waals surface area contributed by atoms with Crippen LogP contribution < -0.4 is 18.6 Å². The van der Waals surface area contributed by atoms with Crippen LogP contribution in [0.4, 0.5) is 0 Å². The molecule has 3 aromatic rings. The number of hydrogen-bond acceptors (Lipinski definition) is 6. The highest BCUT2D eigenvalue weighted by Crippen LogP contribution is 2.31. The van der Waals surface area contributed by atoms with Crippen molar-refractivity contribution >= 4 is 17.0 Å². The number of rotatable bonds is 4. The van der Waals surface area contributed by atoms with Crippen LogP contribution in [0.5, 0.6) is 5.75 Å². The molecule has 27 heavy (non-hydrogen) atoms. The maximum Gasteiger partial charge on any atom is 0.368 e. The third kappa shape index (κ3) is 6.86. The van der Waals surface area contributed by atoms with Crippen molar-refractivity contribution in [2.75, 3.05) is 6.61 Å². The fraction of sp³-hybridized carbons (Fsp3) is 0.105. The number of fused-ring (bicyclic) bond motifs is 1. The van der Waals surface area contributed by atoms with Crippen LogP contribution in [0.3, 0.4) is 0 Å². The van der Waals surface area contributed by atoms with Gasteiger partial charge in [0, 0.05) is 0 Å². The molecule has 0 amide bonds. The van der Waals surface area contributed by atoms with Crippen LogP contribution in [0.2, 0.25) is 0 Å². The summed E-state index contributed by atoms with van der Waals surface area (Å²) in [5.74, 6) is 0.933. The van der Waals surface area contributed by atoms with Crippen LogP contribution >= 0.6 is 0 Å². The second-order valence-corrected chi connectivity index (χ2v) is 6.01. The van der Waals surface area contributed by atoms with Crippen LogP contribution in [0.1, 0.15) is 12.5 Å². The van der Waals surface area contributed by atoms with Gasteiger partial charge in [0.25, 0.3) is 0 Å². The largest absolute Gasteiger partial charge is 0.508 e. The molecule has 0 aliphatic heterocycles. The Balaban J connectivity index is 0.000000465. The Morgan fingerprint density at radius 1 is 1.04 bits per heavy atom. The van der Waals surface area contributed by atoms with Crippen molar-refractivity contribution in [3.05, 3.63) is 66.4 Å². The van der Waals surface area contributed by atoms with Crippen molar-refractivity contribution in [2.24, 2.45) is 0 Å². The molecule has 0 saturated carbocycles. The van der Waals surface area contributed by atoms with Crippen molar-refractivity contribution in [3.8, 4) is 17.1 Å². The Kier molecular flexibility index (Phi) is 7.12. The fourth-order valence-corrected chi connectivity index (χ4v) is 2.29. The van der Waals surface area contributed by atoms with Crippen molar-refractivity contribution in [1.82, 2.24) is 0 Å². The monoisotopic (exact) mass is 392 g/mol. The van der Waals surface area contributed by atoms with Crippen LogP contribution in [0.25, 0.3) is 28.4 Å². The van der Waals surface area contributed by atoms with Crippen molar-refractivity contribution in [2.45, 2.75) is 6.92 Å². The van der Waals surface area contributed by atoms with E-state index in [1.165, 1.54) is 0 Å². The van der Waals surface area contributed by atoms with E-state index < -0.39 is 10.2 Å². The summed E-state index contributed by atoms with van der Waals surface area (Å²) in [4.78, 5) is 0. The first-order valence-corrected chi connectivity index (χ1v) is 9.06. The van der Waals surface area contributed by atoms with E-state index in [0.717, 1.165) is 22.3 Å². The number of phenols is 1. The molecule has 8 heteroatoms. The first-order valence-electron chi connectivity index (χ1n) is 7.83. The summed E-state index contributed by atoms with van der Waals surface area (Å²) in [5, 5.41) is 10.6. The van der Waals surface area contributed by atoms with E-state index in [1.54, 1.807) is 18.4 Å². The zero-order chi connectivity index (χ0) is 19.9. The highest BCUT2D eigenvalue weighted by molar-refractivity contribution is 5.84. The Morgan fingerprint density at radius 3 is 2.33 bits per heavy atom. The molecule has 0 fully saturated rings. The second-order valence-electron chi connectivity index (χ2n) is 5.26. The first kappa shape index (κ1) is 20.6. The molecule has 1 N–H and O–H groups in total. The van der Waals surface area contributed by atoms with Gasteiger partial charge < -0.3 is 9.84 Å². The van der Waals surface area contributed by atoms with Gasteiger partial charge >= 0.3 is 11.3 Å². The Morgan fingerprint density at radius 2 is 1.70 bits per heavy atom. The summed E-state index contributed by atoms with van der Waals surface area (Å²) in [7, 11) is -4.94. The molecule has 142 valence electrons. The van der Waals surface area contributed by atoms with E-state index in [9.17, 15) is 5.11 Å². The third-order valence-electron chi connectivity index (χ3n) is 3.33. The minimum Gasteiger partial charge on any atom is -0.508 e. The SMILES string of the molecule is CCOC=Cc1cc2ccc(O)cc2[o+]c1-c1ccccc1.[O-][Cl+3]([O-])([O-])[O-]. The molecule has 0 aliphatic carbocycles. The average Bonchev–Trinajstić information content (AvgIpc) is 2.61. The number of hydrogen-bond donors (Lipinski definition) is 1. The lowest BCUT2D eigenvalue weighted by atomic mass is 10.1. The van der Waals surface area contributed by atoms with Gasteiger partial charge in [0.1, 0.15) is 5.75 Å². The molecule has 0 radical (unpaired) electrons. The molecule has 2 aromatic carbocycles. The van der Waals surface area contributed by atoms with Crippen molar-refractivity contribution in [3.63, 3.8) is 0 Å². The standard InChI is InChI=1S/C19H16O3.ClHO4/c1-2-21-11-10-16-12-15-8-9-17(20)13-18(15)22-19(16)14-6-4-3-5-7-14;2-1(3,4)5/h3-13H,2H2,1H3;(H,2,3,4,5). The van der Waals surface area contributed by atoms with E-state index in [1.807, 2.05) is 55.5 Å². The van der Waals surface area contributed by atoms with Gasteiger partial charge in [-0.05, 0) is 43.3 Å². The van der Waals surface area contributed by atoms with E-state index in [4.69, 9.17) is 27.8 Å². The highest BCUT2D eigenvalue weighted by atomic mass is 35.7. The summed E-state index contributed by atoms with van der Waals surface area (Å²) < 4.78 is 45.3. The summed E-state index contributed by atoms with van der Waals surface area (Å²) >= 11 is 0. The predicted molar refractivity (Wildman–Crippen MR) is 88.4 cm³/mol. The number of halogens is 1. The van der Waals surface area contributed by atoms with Gasteiger partial charge in [0.15, 0.2) is 0 Å². The molecule has 0 atom stereocenters. The van der Waals surface area contributed by atoms with Crippen LogP contribution in [0, 0.1) is 10.2 Å². The van der Waals surface area contributed by atoms with Crippen molar-refractivity contribution in [1.29, 1.82) is 0 Å². The van der Waals surface area contributed by atoms with E-state index in [2.05, 4.69) is 0 Å². The summed E-state index contributed by atoms with van der Waals surface area (Å²) in [5.41, 5.74) is 2.55. The molecular weight excluding hydrogens is 376 g/mol. The molecule has 0 aliphatic rings. The molecule has 7 nitrogen and oxygen atoms in total. The zero-order valence-electron chi connectivity index (χ0n) is 14.3. The molecule has 0 saturated heterocycles. The Hall–Kier alpha value is -2.68. The summed E-state index contributed by atoms with van der Waals surface area (Å²) in [6, 6.07) is 17.0. The molecule has 0 unspecified atom stereocenters. The van der Waals surface area contributed by atoms with Gasteiger partial charge in [0.05, 0.1) is 35.4 Å². The van der Waals surface area contributed by atoms with Crippen molar-refractivity contribution < 1.29 is 43.1 Å². The third-order valence-corrected chi connectivity index (χ3v) is 3.33. The normalized spacial score (nSPS) is 11.3. The smallest absolute Gasteiger partial charge is 0.368 e. The Labute approximate surface area is 157 Å². The summed E-state index contributed by atoms with van der Waals surface area (Å²) in [6.07, 6.45) is 3.56. The fourth-order valence-electron chi connectivity index (χ4n) is 2.29. The maximum absolute atomic E-state index is 9.64. The maximum atomic E-state index is 9.64. The van der Waals surface area contributed by atoms with Crippen LogP contribution in [0.15, 0.2) is 65.3 Å². The van der Waals surface area contributed by atoms with E-state index in [0.29, 0.717) is 12.2 Å². The van der Waals surface area contributed by atoms with Gasteiger partial charge in [-0.3, -0.25) is 0 Å². The first-order chi connectivity index (χ1) is 12.8. The molecule has 0 spiro atoms. The lowest BCUT2D eigenvalue weighted by molar-refractivity contribution is -2.00. The van der Waals surface area contributed by atoms with E-state index in [-0.39, 0.29) is 5.75 Å². The predicted octanol–water partition coefficient (Wildman–Crippen LogP) is 0.338. The highest BCUT2D eigenvalue weighted by Gasteiger charge is 2.20. The minimum absolute atomic E-state index is 0.188. The lowest BCUT2D eigenvalue weighted by Gasteiger charge is -2.17. The molecule has 1 heterocycles. The number of ether oxygens (including phenoxy) is 1. The van der Waals surface area contributed by atoms with Crippen LogP contribution in [-0.4, -0.2) is 11.7 Å². The van der Waals surface area contributed by atoms with Gasteiger partial charge in [-0.15, -0.1) is 10.2 Å².